The number of carbonyl (C=O) groups excluding carboxylic acids is 1. The van der Waals surface area contributed by atoms with E-state index in [-0.39, 0.29) is 17.6 Å². The molecule has 1 aliphatic carbocycles. The number of nitrogens with zero attached hydrogens (tertiary/aromatic N) is 1. The second-order valence-corrected chi connectivity index (χ2v) is 8.68. The third-order valence-electron chi connectivity index (χ3n) is 4.99. The van der Waals surface area contributed by atoms with Gasteiger partial charge in [-0.1, -0.05) is 32.3 Å². The van der Waals surface area contributed by atoms with E-state index in [0.717, 1.165) is 49.8 Å². The Bertz CT molecular complexity index is 709. The lowest BCUT2D eigenvalue weighted by Crippen LogP contribution is -2.33. The fourth-order valence-corrected chi connectivity index (χ4v) is 4.89. The molecule has 0 bridgehead atoms. The first-order valence-electron chi connectivity index (χ1n) is 8.95. The third kappa shape index (κ3) is 3.74. The minimum absolute atomic E-state index is 0.130. The molecule has 0 unspecified atom stereocenters. The zero-order chi connectivity index (χ0) is 17.2. The summed E-state index contributed by atoms with van der Waals surface area (Å²) in [7, 11) is -3.32. The Kier molecular flexibility index (Phi) is 5.13. The molecule has 24 heavy (non-hydrogen) atoms. The highest BCUT2D eigenvalue weighted by atomic mass is 32.2. The summed E-state index contributed by atoms with van der Waals surface area (Å²) in [5, 5.41) is 0. The van der Waals surface area contributed by atoms with Gasteiger partial charge in [0.05, 0.1) is 11.4 Å². The lowest BCUT2D eigenvalue weighted by Gasteiger charge is -2.21. The van der Waals surface area contributed by atoms with Gasteiger partial charge in [-0.25, -0.2) is 8.42 Å². The highest BCUT2D eigenvalue weighted by Crippen LogP contribution is 2.35. The van der Waals surface area contributed by atoms with Gasteiger partial charge in [0.2, 0.25) is 15.9 Å². The van der Waals surface area contributed by atoms with E-state index in [1.807, 2.05) is 24.0 Å². The summed E-state index contributed by atoms with van der Waals surface area (Å²) in [5.74, 6) is 0.476. The van der Waals surface area contributed by atoms with Crippen LogP contribution in [0.2, 0.25) is 0 Å². The number of anilines is 2. The van der Waals surface area contributed by atoms with Crippen molar-refractivity contribution in [2.75, 3.05) is 21.9 Å². The molecule has 1 fully saturated rings. The van der Waals surface area contributed by atoms with Crippen molar-refractivity contribution < 1.29 is 13.2 Å². The number of unbranched alkanes of at least 4 members (excludes halogenated alkanes) is 1. The van der Waals surface area contributed by atoms with Gasteiger partial charge in [0.25, 0.3) is 0 Å². The number of carbonyl (C=O) groups is 1. The number of hydrogen-bond acceptors (Lipinski definition) is 3. The van der Waals surface area contributed by atoms with Crippen LogP contribution < -0.4 is 9.62 Å². The maximum atomic E-state index is 12.7. The lowest BCUT2D eigenvalue weighted by atomic mass is 10.1. The van der Waals surface area contributed by atoms with Crippen molar-refractivity contribution in [3.8, 4) is 0 Å². The molecule has 0 aromatic heterocycles. The monoisotopic (exact) mass is 350 g/mol. The van der Waals surface area contributed by atoms with Crippen LogP contribution in [0, 0.1) is 5.92 Å². The molecule has 2 aliphatic rings. The Hall–Kier alpha value is -1.56. The Balaban J connectivity index is 1.77. The van der Waals surface area contributed by atoms with E-state index in [0.29, 0.717) is 18.7 Å². The molecule has 0 radical (unpaired) electrons. The summed E-state index contributed by atoms with van der Waals surface area (Å²) in [6.45, 7) is 2.67. The van der Waals surface area contributed by atoms with E-state index >= 15 is 0 Å². The van der Waals surface area contributed by atoms with Crippen LogP contribution in [0.15, 0.2) is 18.2 Å². The Morgan fingerprint density at radius 3 is 2.75 bits per heavy atom. The molecule has 1 heterocycles. The molecule has 1 saturated carbocycles. The van der Waals surface area contributed by atoms with Gasteiger partial charge in [-0.2, -0.15) is 0 Å². The summed E-state index contributed by atoms with van der Waals surface area (Å²) in [5.41, 5.74) is 2.55. The van der Waals surface area contributed by atoms with E-state index in [4.69, 9.17) is 0 Å². The van der Waals surface area contributed by atoms with E-state index in [1.54, 1.807) is 6.07 Å². The minimum atomic E-state index is -3.32. The molecule has 1 aromatic rings. The number of rotatable bonds is 6. The lowest BCUT2D eigenvalue weighted by molar-refractivity contribution is -0.122. The molecule has 0 atom stereocenters. The number of nitrogens with one attached hydrogen (secondary N) is 1. The van der Waals surface area contributed by atoms with Crippen LogP contribution in [-0.4, -0.2) is 26.6 Å². The van der Waals surface area contributed by atoms with E-state index in [2.05, 4.69) is 4.72 Å². The van der Waals surface area contributed by atoms with Crippen molar-refractivity contribution in [1.29, 1.82) is 0 Å². The first-order valence-corrected chi connectivity index (χ1v) is 10.6. The van der Waals surface area contributed by atoms with Crippen LogP contribution in [-0.2, 0) is 21.2 Å². The number of hydrogen-bond donors (Lipinski definition) is 1. The van der Waals surface area contributed by atoms with Crippen LogP contribution in [0.1, 0.15) is 51.0 Å². The van der Waals surface area contributed by atoms with Crippen molar-refractivity contribution in [3.63, 3.8) is 0 Å². The molecular formula is C18H26N2O3S. The van der Waals surface area contributed by atoms with E-state index < -0.39 is 10.0 Å². The number of benzene rings is 1. The summed E-state index contributed by atoms with van der Waals surface area (Å²) >= 11 is 0. The van der Waals surface area contributed by atoms with Gasteiger partial charge in [-0.3, -0.25) is 9.52 Å². The van der Waals surface area contributed by atoms with Crippen molar-refractivity contribution >= 4 is 27.3 Å². The number of fused-ring (bicyclic) bond motifs is 1. The molecule has 6 heteroatoms. The molecule has 5 nitrogen and oxygen atoms in total. The number of amides is 1. The second-order valence-electron chi connectivity index (χ2n) is 6.84. The van der Waals surface area contributed by atoms with Crippen molar-refractivity contribution in [2.24, 2.45) is 5.92 Å². The molecule has 132 valence electrons. The van der Waals surface area contributed by atoms with Gasteiger partial charge in [0.1, 0.15) is 0 Å². The van der Waals surface area contributed by atoms with E-state index in [9.17, 15) is 13.2 Å². The smallest absolute Gasteiger partial charge is 0.232 e. The van der Waals surface area contributed by atoms with Crippen LogP contribution in [0.25, 0.3) is 0 Å². The quantitative estimate of drug-likeness (QED) is 0.856. The standard InChI is InChI=1S/C18H26N2O3S/c1-2-3-12-24(22,23)19-16-9-8-14-10-11-20(17(14)13-16)18(21)15-6-4-5-7-15/h8-9,13,15,19H,2-7,10-12H2,1H3. The topological polar surface area (TPSA) is 66.5 Å². The summed E-state index contributed by atoms with van der Waals surface area (Å²) in [4.78, 5) is 14.6. The zero-order valence-corrected chi connectivity index (χ0v) is 15.1. The summed E-state index contributed by atoms with van der Waals surface area (Å²) in [6, 6.07) is 5.56. The SMILES string of the molecule is CCCCS(=O)(=O)Nc1ccc2c(c1)N(C(=O)C1CCCC1)CC2. The first kappa shape index (κ1) is 17.3. The highest BCUT2D eigenvalue weighted by molar-refractivity contribution is 7.92. The van der Waals surface area contributed by atoms with Crippen molar-refractivity contribution in [2.45, 2.75) is 51.9 Å². The number of sulfonamides is 1. The molecule has 1 N–H and O–H groups in total. The average Bonchev–Trinajstić information content (AvgIpc) is 3.21. The normalized spacial score (nSPS) is 18.0. The van der Waals surface area contributed by atoms with Crippen LogP contribution in [0.4, 0.5) is 11.4 Å². The van der Waals surface area contributed by atoms with Crippen molar-refractivity contribution in [3.05, 3.63) is 23.8 Å². The van der Waals surface area contributed by atoms with Gasteiger partial charge in [-0.15, -0.1) is 0 Å². The van der Waals surface area contributed by atoms with Crippen molar-refractivity contribution in [1.82, 2.24) is 0 Å². The van der Waals surface area contributed by atoms with Crippen LogP contribution in [0.3, 0.4) is 0 Å². The van der Waals surface area contributed by atoms with Gasteiger partial charge >= 0.3 is 0 Å². The predicted octanol–water partition coefficient (Wildman–Crippen LogP) is 3.31. The fraction of sp³-hybridized carbons (Fsp3) is 0.611. The third-order valence-corrected chi connectivity index (χ3v) is 6.36. The molecular weight excluding hydrogens is 324 g/mol. The Morgan fingerprint density at radius 1 is 1.29 bits per heavy atom. The highest BCUT2D eigenvalue weighted by Gasteiger charge is 2.32. The maximum Gasteiger partial charge on any atom is 0.232 e. The maximum absolute atomic E-state index is 12.7. The molecule has 1 amide bonds. The minimum Gasteiger partial charge on any atom is -0.312 e. The molecule has 1 aromatic carbocycles. The summed E-state index contributed by atoms with van der Waals surface area (Å²) in [6.07, 6.45) is 6.56. The Morgan fingerprint density at radius 2 is 2.04 bits per heavy atom. The van der Waals surface area contributed by atoms with Gasteiger partial charge in [0, 0.05) is 18.2 Å². The van der Waals surface area contributed by atoms with Gasteiger partial charge in [-0.05, 0) is 43.4 Å². The average molecular weight is 350 g/mol. The van der Waals surface area contributed by atoms with E-state index in [1.165, 1.54) is 0 Å². The first-order chi connectivity index (χ1) is 11.5. The van der Waals surface area contributed by atoms with Gasteiger partial charge in [0.15, 0.2) is 0 Å². The van der Waals surface area contributed by atoms with Gasteiger partial charge < -0.3 is 4.90 Å². The van der Waals surface area contributed by atoms with Crippen LogP contribution in [0.5, 0.6) is 0 Å². The molecule has 3 rings (SSSR count). The second kappa shape index (κ2) is 7.13. The fourth-order valence-electron chi connectivity index (χ4n) is 3.63. The largest absolute Gasteiger partial charge is 0.312 e. The zero-order valence-electron chi connectivity index (χ0n) is 14.3. The summed E-state index contributed by atoms with van der Waals surface area (Å²) < 4.78 is 26.8. The molecule has 0 spiro atoms. The van der Waals surface area contributed by atoms with Crippen LogP contribution >= 0.6 is 0 Å². The molecule has 1 aliphatic heterocycles. The predicted molar refractivity (Wildman–Crippen MR) is 96.8 cm³/mol. The Labute approximate surface area is 144 Å². The molecule has 0 saturated heterocycles.